The lowest BCUT2D eigenvalue weighted by atomic mass is 10.1. The van der Waals surface area contributed by atoms with Crippen molar-refractivity contribution in [3.63, 3.8) is 0 Å². The number of aromatic nitrogens is 1. The van der Waals surface area contributed by atoms with Gasteiger partial charge in [0.05, 0.1) is 18.1 Å². The van der Waals surface area contributed by atoms with Crippen LogP contribution in [0.3, 0.4) is 0 Å². The molecule has 0 saturated heterocycles. The average molecular weight is 496 g/mol. The van der Waals surface area contributed by atoms with Crippen molar-refractivity contribution in [3.05, 3.63) is 78.2 Å². The maximum absolute atomic E-state index is 13.5. The minimum absolute atomic E-state index is 0.0131. The van der Waals surface area contributed by atoms with Gasteiger partial charge in [-0.3, -0.25) is 5.32 Å². The number of benzene rings is 2. The highest BCUT2D eigenvalue weighted by atomic mass is 32.2. The molecule has 1 amide bonds. The highest BCUT2D eigenvalue weighted by molar-refractivity contribution is 7.89. The van der Waals surface area contributed by atoms with E-state index in [-0.39, 0.29) is 10.7 Å². The third-order valence-electron chi connectivity index (χ3n) is 5.38. The molecule has 1 atom stereocenters. The Kier molecular flexibility index (Phi) is 6.01. The third kappa shape index (κ3) is 4.91. The predicted molar refractivity (Wildman–Crippen MR) is 126 cm³/mol. The Hall–Kier alpha value is -4.09. The van der Waals surface area contributed by atoms with Gasteiger partial charge in [0.25, 0.3) is 0 Å². The van der Waals surface area contributed by atoms with Gasteiger partial charge in [0.2, 0.25) is 10.0 Å². The number of hydrogen-bond donors (Lipinski definition) is 3. The summed E-state index contributed by atoms with van der Waals surface area (Å²) in [5, 5.41) is 12.0. The van der Waals surface area contributed by atoms with Gasteiger partial charge in [0.15, 0.2) is 11.5 Å². The van der Waals surface area contributed by atoms with Crippen molar-refractivity contribution in [2.24, 2.45) is 0 Å². The van der Waals surface area contributed by atoms with Crippen molar-refractivity contribution < 1.29 is 32.2 Å². The van der Waals surface area contributed by atoms with E-state index in [9.17, 15) is 13.2 Å². The van der Waals surface area contributed by atoms with Crippen LogP contribution in [0.25, 0.3) is 11.0 Å². The first-order valence-corrected chi connectivity index (χ1v) is 12.2. The zero-order chi connectivity index (χ0) is 24.4. The summed E-state index contributed by atoms with van der Waals surface area (Å²) in [5.41, 5.74) is 1.01. The number of hydrogen-bond acceptors (Lipinski definition) is 7. The van der Waals surface area contributed by atoms with Gasteiger partial charge in [-0.1, -0.05) is 18.2 Å². The summed E-state index contributed by atoms with van der Waals surface area (Å²) in [6.07, 6.45) is 0.790. The normalized spacial score (nSPS) is 14.3. The van der Waals surface area contributed by atoms with Gasteiger partial charge in [-0.15, -0.1) is 0 Å². The molecule has 10 nitrogen and oxygen atoms in total. The molecule has 180 valence electrons. The molecule has 2 aromatic heterocycles. The summed E-state index contributed by atoms with van der Waals surface area (Å²) in [6, 6.07) is 15.5. The Morgan fingerprint density at radius 1 is 1.00 bits per heavy atom. The Balaban J connectivity index is 1.55. The van der Waals surface area contributed by atoms with E-state index in [0.717, 1.165) is 5.39 Å². The summed E-state index contributed by atoms with van der Waals surface area (Å²) in [6.45, 7) is 0.905. The van der Waals surface area contributed by atoms with Crippen LogP contribution in [-0.4, -0.2) is 37.8 Å². The fraction of sp³-hybridized carbons (Fsp3) is 0.167. The average Bonchev–Trinajstić information content (AvgIpc) is 3.12. The number of ether oxygens (including phenoxy) is 2. The molecule has 0 bridgehead atoms. The number of sulfonamides is 1. The Morgan fingerprint density at radius 2 is 1.80 bits per heavy atom. The quantitative estimate of drug-likeness (QED) is 0.362. The minimum Gasteiger partial charge on any atom is -0.490 e. The third-order valence-corrected chi connectivity index (χ3v) is 6.80. The second-order valence-electron chi connectivity index (χ2n) is 7.80. The van der Waals surface area contributed by atoms with Gasteiger partial charge in [-0.05, 0) is 42.0 Å². The van der Waals surface area contributed by atoms with Crippen molar-refractivity contribution in [2.45, 2.75) is 17.4 Å². The molecule has 0 radical (unpaired) electrons. The van der Waals surface area contributed by atoms with Crippen LogP contribution >= 0.6 is 0 Å². The highest BCUT2D eigenvalue weighted by Crippen LogP contribution is 2.34. The number of carbonyl (C=O) groups is 1. The number of fused-ring (bicyclic) bond motifs is 2. The van der Waals surface area contributed by atoms with E-state index in [0.29, 0.717) is 48.0 Å². The SMILES string of the molecule is O=C(O)Nc1cc(C(NS(=O)(=O)c2ccc3c(c2)OCCCO3)c2cc3ccccc3o2)ccn1. The molecular formula is C24H21N3O7S. The zero-order valence-corrected chi connectivity index (χ0v) is 19.1. The minimum atomic E-state index is -4.08. The summed E-state index contributed by atoms with van der Waals surface area (Å²) in [5.74, 6) is 1.21. The van der Waals surface area contributed by atoms with Gasteiger partial charge in [-0.2, -0.15) is 4.72 Å². The lowest BCUT2D eigenvalue weighted by Crippen LogP contribution is -2.29. The lowest BCUT2D eigenvalue weighted by molar-refractivity contribution is 0.209. The van der Waals surface area contributed by atoms with Crippen molar-refractivity contribution in [3.8, 4) is 11.5 Å². The monoisotopic (exact) mass is 495 g/mol. The van der Waals surface area contributed by atoms with Gasteiger partial charge in [0.1, 0.15) is 23.2 Å². The van der Waals surface area contributed by atoms with Gasteiger partial charge >= 0.3 is 6.09 Å². The number of para-hydroxylation sites is 1. The smallest absolute Gasteiger partial charge is 0.410 e. The number of amides is 1. The standard InChI is InChI=1S/C24H21N3O7S/c28-24(29)26-22-13-16(8-9-25-22)23(21-12-15-4-1-2-5-18(15)34-21)27-35(30,31)17-6-7-19-20(14-17)33-11-3-10-32-19/h1-2,4-9,12-14,23,27H,3,10-11H2,(H,25,26)(H,28,29). The Bertz CT molecular complexity index is 1470. The molecule has 11 heteroatoms. The summed E-state index contributed by atoms with van der Waals surface area (Å²) >= 11 is 0. The number of rotatable bonds is 6. The van der Waals surface area contributed by atoms with Crippen LogP contribution in [0.2, 0.25) is 0 Å². The number of nitrogens with one attached hydrogen (secondary N) is 2. The lowest BCUT2D eigenvalue weighted by Gasteiger charge is -2.18. The van der Waals surface area contributed by atoms with Crippen molar-refractivity contribution in [2.75, 3.05) is 18.5 Å². The van der Waals surface area contributed by atoms with Crippen molar-refractivity contribution >= 4 is 32.9 Å². The van der Waals surface area contributed by atoms with Crippen molar-refractivity contribution in [1.82, 2.24) is 9.71 Å². The summed E-state index contributed by atoms with van der Waals surface area (Å²) in [7, 11) is -4.08. The van der Waals surface area contributed by atoms with E-state index in [1.165, 1.54) is 24.4 Å². The molecule has 5 rings (SSSR count). The molecule has 0 saturated carbocycles. The molecular weight excluding hydrogens is 474 g/mol. The fourth-order valence-electron chi connectivity index (χ4n) is 3.77. The largest absolute Gasteiger partial charge is 0.490 e. The zero-order valence-electron chi connectivity index (χ0n) is 18.3. The molecule has 1 unspecified atom stereocenters. The first-order valence-electron chi connectivity index (χ1n) is 10.8. The Morgan fingerprint density at radius 3 is 2.60 bits per heavy atom. The van der Waals surface area contributed by atoms with E-state index in [1.54, 1.807) is 24.3 Å². The van der Waals surface area contributed by atoms with E-state index < -0.39 is 22.2 Å². The molecule has 1 aliphatic heterocycles. The molecule has 2 aromatic carbocycles. The van der Waals surface area contributed by atoms with Crippen LogP contribution < -0.4 is 19.5 Å². The molecule has 1 aliphatic rings. The topological polar surface area (TPSA) is 140 Å². The van der Waals surface area contributed by atoms with Crippen LogP contribution in [0, 0.1) is 0 Å². The van der Waals surface area contributed by atoms with E-state index in [1.807, 2.05) is 18.2 Å². The van der Waals surface area contributed by atoms with E-state index in [2.05, 4.69) is 15.0 Å². The van der Waals surface area contributed by atoms with Crippen LogP contribution in [0.15, 0.2) is 76.2 Å². The maximum atomic E-state index is 13.5. The number of pyridine rings is 1. The number of nitrogens with zero attached hydrogens (tertiary/aromatic N) is 1. The van der Waals surface area contributed by atoms with Gasteiger partial charge in [0, 0.05) is 24.1 Å². The molecule has 0 aliphatic carbocycles. The fourth-order valence-corrected chi connectivity index (χ4v) is 4.98. The van der Waals surface area contributed by atoms with E-state index in [4.69, 9.17) is 19.0 Å². The van der Waals surface area contributed by atoms with Crippen LogP contribution in [0.5, 0.6) is 11.5 Å². The molecule has 3 N–H and O–H groups in total. The maximum Gasteiger partial charge on any atom is 0.410 e. The van der Waals surface area contributed by atoms with E-state index >= 15 is 0 Å². The number of furan rings is 1. The molecule has 0 fully saturated rings. The van der Waals surface area contributed by atoms with Gasteiger partial charge < -0.3 is 19.0 Å². The molecule has 4 aromatic rings. The summed E-state index contributed by atoms with van der Waals surface area (Å²) in [4.78, 5) is 15.1. The molecule has 0 spiro atoms. The van der Waals surface area contributed by atoms with Crippen molar-refractivity contribution in [1.29, 1.82) is 0 Å². The summed E-state index contributed by atoms with van der Waals surface area (Å²) < 4.78 is 46.8. The second-order valence-corrected chi connectivity index (χ2v) is 9.52. The first-order chi connectivity index (χ1) is 16.9. The molecule has 3 heterocycles. The van der Waals surface area contributed by atoms with Crippen LogP contribution in [0.1, 0.15) is 23.8 Å². The van der Waals surface area contributed by atoms with Crippen LogP contribution in [-0.2, 0) is 10.0 Å². The Labute approximate surface area is 200 Å². The second kappa shape index (κ2) is 9.28. The van der Waals surface area contributed by atoms with Gasteiger partial charge in [-0.25, -0.2) is 18.2 Å². The highest BCUT2D eigenvalue weighted by Gasteiger charge is 2.27. The van der Waals surface area contributed by atoms with Crippen LogP contribution in [0.4, 0.5) is 10.6 Å². The number of carboxylic acid groups (broad SMARTS) is 1. The predicted octanol–water partition coefficient (Wildman–Crippen LogP) is 4.15. The first kappa shape index (κ1) is 22.7. The molecule has 35 heavy (non-hydrogen) atoms. The number of anilines is 1.